The van der Waals surface area contributed by atoms with Crippen LogP contribution in [0.2, 0.25) is 0 Å². The van der Waals surface area contributed by atoms with Crippen LogP contribution in [0, 0.1) is 0 Å². The molecule has 1 N–H and O–H groups in total. The summed E-state index contributed by atoms with van der Waals surface area (Å²) in [6, 6.07) is 20.5. The van der Waals surface area contributed by atoms with Crippen molar-refractivity contribution in [1.82, 2.24) is 0 Å². The van der Waals surface area contributed by atoms with Gasteiger partial charge in [-0.05, 0) is 0 Å². The fourth-order valence-electron chi connectivity index (χ4n) is 5.11. The van der Waals surface area contributed by atoms with E-state index >= 15 is 0 Å². The van der Waals surface area contributed by atoms with Crippen molar-refractivity contribution >= 4 is 21.5 Å². The number of benzene rings is 2. The van der Waals surface area contributed by atoms with Gasteiger partial charge in [0.15, 0.2) is 0 Å². The van der Waals surface area contributed by atoms with Gasteiger partial charge in [-0.3, -0.25) is 0 Å². The monoisotopic (exact) mass is 514 g/mol. The second-order valence-electron chi connectivity index (χ2n) is 9.53. The molecule has 0 spiro atoms. The molecular formula is C26H45O4P3. The Morgan fingerprint density at radius 1 is 0.606 bits per heavy atom. The maximum absolute atomic E-state index is 14.0. The topological polar surface area (TPSA) is 55.8 Å². The Bertz CT molecular complexity index is 830. The number of hydrogen-bond donors (Lipinski definition) is 1. The van der Waals surface area contributed by atoms with E-state index in [-0.39, 0.29) is 0 Å². The average Bonchev–Trinajstić information content (AvgIpc) is 2.84. The molecule has 0 aromatic heterocycles. The fraction of sp³-hybridized carbons (Fsp3) is 0.538. The Hall–Kier alpha value is -0.590. The zero-order chi connectivity index (χ0) is 24.7. The fourth-order valence-corrected chi connectivity index (χ4v) is 19.7. The molecule has 0 aliphatic rings. The molecule has 0 saturated carbocycles. The van der Waals surface area contributed by atoms with Gasteiger partial charge in [0.2, 0.25) is 0 Å². The van der Waals surface area contributed by atoms with E-state index in [2.05, 4.69) is 65.8 Å². The number of hydrogen-bond acceptors (Lipinski definition) is 3. The predicted octanol–water partition coefficient (Wildman–Crippen LogP) is 8.58. The van der Waals surface area contributed by atoms with Gasteiger partial charge in [-0.2, -0.15) is 0 Å². The summed E-state index contributed by atoms with van der Waals surface area (Å²) >= 11 is 0. The molecule has 188 valence electrons. The van der Waals surface area contributed by atoms with E-state index in [4.69, 9.17) is 8.62 Å². The van der Waals surface area contributed by atoms with E-state index in [9.17, 15) is 9.46 Å². The summed E-state index contributed by atoms with van der Waals surface area (Å²) in [5.41, 5.74) is 2.31. The van der Waals surface area contributed by atoms with E-state index in [1.54, 1.807) is 0 Å². The van der Waals surface area contributed by atoms with Gasteiger partial charge in [-0.1, -0.05) is 0 Å². The summed E-state index contributed by atoms with van der Waals surface area (Å²) in [5, 5.41) is 0. The maximum atomic E-state index is 14.0. The quantitative estimate of drug-likeness (QED) is 0.257. The Morgan fingerprint density at radius 2 is 0.879 bits per heavy atom. The summed E-state index contributed by atoms with van der Waals surface area (Å²) in [5.74, 6) is 0. The van der Waals surface area contributed by atoms with E-state index < -0.39 is 21.5 Å². The molecule has 2 aromatic carbocycles. The van der Waals surface area contributed by atoms with Crippen LogP contribution < -0.4 is 0 Å². The first kappa shape index (κ1) is 28.6. The van der Waals surface area contributed by atoms with Crippen molar-refractivity contribution in [2.45, 2.75) is 53.9 Å². The molecular weight excluding hydrogens is 469 g/mol. The average molecular weight is 515 g/mol. The molecule has 33 heavy (non-hydrogen) atoms. The molecule has 0 bridgehead atoms. The van der Waals surface area contributed by atoms with Crippen molar-refractivity contribution in [2.24, 2.45) is 0 Å². The first-order valence-electron chi connectivity index (χ1n) is 12.4. The molecule has 2 rings (SSSR count). The van der Waals surface area contributed by atoms with Gasteiger partial charge in [0, 0.05) is 0 Å². The van der Waals surface area contributed by atoms with Crippen molar-refractivity contribution < 1.29 is 18.1 Å². The van der Waals surface area contributed by atoms with Crippen molar-refractivity contribution in [2.75, 3.05) is 37.0 Å². The molecule has 0 saturated heterocycles. The second kappa shape index (κ2) is 11.0. The number of rotatable bonds is 14. The third kappa shape index (κ3) is 6.35. The molecule has 2 aromatic rings. The SMILES string of the molecule is CCP(CC)(CC)(Cc1ccccc1)OP(=O)(O)OP(CC)(CC)(CC)Cc1ccccc1. The van der Waals surface area contributed by atoms with Gasteiger partial charge in [-0.25, -0.2) is 0 Å². The normalized spacial score (nSPS) is 16.8. The summed E-state index contributed by atoms with van der Waals surface area (Å²) in [6.45, 7) is 6.60. The van der Waals surface area contributed by atoms with Gasteiger partial charge in [0.1, 0.15) is 0 Å². The van der Waals surface area contributed by atoms with Crippen LogP contribution >= 0.6 is 21.5 Å². The van der Waals surface area contributed by atoms with Crippen LogP contribution in [0.25, 0.3) is 0 Å². The molecule has 0 fully saturated rings. The zero-order valence-electron chi connectivity index (χ0n) is 21.4. The van der Waals surface area contributed by atoms with Gasteiger partial charge < -0.3 is 0 Å². The van der Waals surface area contributed by atoms with Crippen molar-refractivity contribution in [3.63, 3.8) is 0 Å². The zero-order valence-corrected chi connectivity index (χ0v) is 24.1. The van der Waals surface area contributed by atoms with Gasteiger partial charge >= 0.3 is 202 Å². The minimum atomic E-state index is -4.32. The van der Waals surface area contributed by atoms with E-state index in [1.165, 1.54) is 0 Å². The molecule has 0 amide bonds. The van der Waals surface area contributed by atoms with Crippen LogP contribution in [0.3, 0.4) is 0 Å². The van der Waals surface area contributed by atoms with Crippen LogP contribution in [0.1, 0.15) is 52.7 Å². The number of phosphoric acid groups is 1. The van der Waals surface area contributed by atoms with Gasteiger partial charge in [0.05, 0.1) is 0 Å². The van der Waals surface area contributed by atoms with Gasteiger partial charge in [-0.15, -0.1) is 0 Å². The van der Waals surface area contributed by atoms with Crippen LogP contribution in [-0.4, -0.2) is 41.9 Å². The van der Waals surface area contributed by atoms with E-state index in [0.29, 0.717) is 12.3 Å². The van der Waals surface area contributed by atoms with Crippen molar-refractivity contribution in [3.8, 4) is 0 Å². The molecule has 0 atom stereocenters. The molecule has 4 nitrogen and oxygen atoms in total. The molecule has 0 aliphatic carbocycles. The van der Waals surface area contributed by atoms with Crippen molar-refractivity contribution in [3.05, 3.63) is 71.8 Å². The predicted molar refractivity (Wildman–Crippen MR) is 149 cm³/mol. The second-order valence-corrected chi connectivity index (χ2v) is 23.6. The van der Waals surface area contributed by atoms with Gasteiger partial charge in [0.25, 0.3) is 0 Å². The molecule has 7 heteroatoms. The first-order chi connectivity index (χ1) is 15.6. The van der Waals surface area contributed by atoms with E-state index in [1.807, 2.05) is 36.4 Å². The standard InChI is InChI=1S/C26H45O4P3/c1-7-32(8-2,9-3,23-25-19-15-13-16-20-25)29-31(27,28)30-33(10-4,11-5,12-6)24-26-21-17-14-18-22-26/h13-22H,7-12,23-24H2,1-6H3,(H,27,28). The Balaban J connectivity index is 2.50. The van der Waals surface area contributed by atoms with Crippen LogP contribution in [0.5, 0.6) is 0 Å². The Morgan fingerprint density at radius 3 is 1.12 bits per heavy atom. The van der Waals surface area contributed by atoms with E-state index in [0.717, 1.165) is 48.1 Å². The summed E-state index contributed by atoms with van der Waals surface area (Å²) in [4.78, 5) is 11.4. The third-order valence-electron chi connectivity index (χ3n) is 8.32. The first-order valence-corrected chi connectivity index (χ1v) is 19.7. The third-order valence-corrected chi connectivity index (χ3v) is 25.6. The molecule has 0 aliphatic heterocycles. The van der Waals surface area contributed by atoms with Crippen molar-refractivity contribution in [1.29, 1.82) is 0 Å². The summed E-state index contributed by atoms with van der Waals surface area (Å²) in [6.07, 6.45) is 5.90. The minimum absolute atomic E-state index is 0.697. The van der Waals surface area contributed by atoms with Crippen LogP contribution in [0.15, 0.2) is 60.7 Å². The molecule has 0 unspecified atom stereocenters. The summed E-state index contributed by atoms with van der Waals surface area (Å²) in [7, 11) is -4.32. The Labute approximate surface area is 202 Å². The molecule has 0 radical (unpaired) electrons. The Kier molecular flexibility index (Phi) is 9.54. The summed E-state index contributed by atoms with van der Waals surface area (Å²) < 4.78 is 27.0. The molecule has 0 heterocycles. The van der Waals surface area contributed by atoms with Crippen LogP contribution in [0.4, 0.5) is 0 Å². The van der Waals surface area contributed by atoms with Crippen LogP contribution in [-0.2, 0) is 25.5 Å².